The van der Waals surface area contributed by atoms with Gasteiger partial charge in [0.15, 0.2) is 0 Å². The number of rotatable bonds is 1. The topological polar surface area (TPSA) is 3.24 Å². The minimum Gasteiger partial charge on any atom is -0.300 e. The van der Waals surface area contributed by atoms with Crippen molar-refractivity contribution >= 4 is 0 Å². The maximum absolute atomic E-state index is 2.73. The average Bonchev–Trinajstić information content (AvgIpc) is 2.25. The van der Waals surface area contributed by atoms with Gasteiger partial charge in [-0.3, -0.25) is 4.90 Å². The SMILES string of the molecule is CC1CN(C2CCCCCCCC2)C1. The number of likely N-dealkylation sites (tertiary alicyclic amines) is 1. The van der Waals surface area contributed by atoms with E-state index in [4.69, 9.17) is 0 Å². The summed E-state index contributed by atoms with van der Waals surface area (Å²) < 4.78 is 0. The van der Waals surface area contributed by atoms with Gasteiger partial charge in [-0.1, -0.05) is 45.4 Å². The van der Waals surface area contributed by atoms with Crippen molar-refractivity contribution in [2.75, 3.05) is 13.1 Å². The number of hydrogen-bond donors (Lipinski definition) is 0. The van der Waals surface area contributed by atoms with E-state index in [0.717, 1.165) is 12.0 Å². The lowest BCUT2D eigenvalue weighted by Gasteiger charge is -2.43. The zero-order valence-corrected chi connectivity index (χ0v) is 9.67. The van der Waals surface area contributed by atoms with Gasteiger partial charge in [-0.25, -0.2) is 0 Å². The number of nitrogens with zero attached hydrogens (tertiary/aromatic N) is 1. The summed E-state index contributed by atoms with van der Waals surface area (Å²) >= 11 is 0. The minimum absolute atomic E-state index is 0.948. The predicted molar refractivity (Wildman–Crippen MR) is 61.5 cm³/mol. The van der Waals surface area contributed by atoms with E-state index in [0.29, 0.717) is 0 Å². The van der Waals surface area contributed by atoms with Crippen molar-refractivity contribution in [2.24, 2.45) is 5.92 Å². The monoisotopic (exact) mass is 195 g/mol. The second-order valence-electron chi connectivity index (χ2n) is 5.41. The highest BCUT2D eigenvalue weighted by Crippen LogP contribution is 2.26. The van der Waals surface area contributed by atoms with Gasteiger partial charge in [-0.2, -0.15) is 0 Å². The first-order valence-electron chi connectivity index (χ1n) is 6.60. The predicted octanol–water partition coefficient (Wildman–Crippen LogP) is 3.44. The Kier molecular flexibility index (Phi) is 3.86. The summed E-state index contributed by atoms with van der Waals surface area (Å²) in [5.41, 5.74) is 0. The second kappa shape index (κ2) is 5.16. The molecule has 0 aromatic carbocycles. The molecule has 0 bridgehead atoms. The molecule has 0 atom stereocenters. The summed E-state index contributed by atoms with van der Waals surface area (Å²) in [6.07, 6.45) is 11.9. The van der Waals surface area contributed by atoms with Gasteiger partial charge in [0.25, 0.3) is 0 Å². The third-order valence-electron chi connectivity index (χ3n) is 3.93. The highest BCUT2D eigenvalue weighted by Gasteiger charge is 2.28. The van der Waals surface area contributed by atoms with Crippen LogP contribution in [0.4, 0.5) is 0 Å². The summed E-state index contributed by atoms with van der Waals surface area (Å²) in [5, 5.41) is 0. The molecule has 0 unspecified atom stereocenters. The molecule has 14 heavy (non-hydrogen) atoms. The summed E-state index contributed by atoms with van der Waals surface area (Å²) in [6.45, 7) is 5.14. The van der Waals surface area contributed by atoms with Crippen LogP contribution in [-0.4, -0.2) is 24.0 Å². The molecule has 82 valence electrons. The van der Waals surface area contributed by atoms with Crippen molar-refractivity contribution in [3.8, 4) is 0 Å². The van der Waals surface area contributed by atoms with E-state index in [1.165, 1.54) is 64.5 Å². The molecule has 0 aromatic rings. The van der Waals surface area contributed by atoms with Crippen LogP contribution in [0.1, 0.15) is 58.3 Å². The smallest absolute Gasteiger partial charge is 0.00955 e. The van der Waals surface area contributed by atoms with Crippen molar-refractivity contribution in [1.82, 2.24) is 4.90 Å². The Balaban J connectivity index is 1.76. The van der Waals surface area contributed by atoms with Gasteiger partial charge in [0.2, 0.25) is 0 Å². The Morgan fingerprint density at radius 3 is 1.79 bits per heavy atom. The molecule has 1 saturated carbocycles. The first kappa shape index (κ1) is 10.5. The zero-order valence-electron chi connectivity index (χ0n) is 9.67. The molecule has 0 N–H and O–H groups in total. The minimum atomic E-state index is 0.948. The molecule has 0 radical (unpaired) electrons. The lowest BCUT2D eigenvalue weighted by molar-refractivity contribution is 0.0520. The van der Waals surface area contributed by atoms with Crippen molar-refractivity contribution in [2.45, 2.75) is 64.3 Å². The summed E-state index contributed by atoms with van der Waals surface area (Å²) in [7, 11) is 0. The van der Waals surface area contributed by atoms with Gasteiger partial charge < -0.3 is 0 Å². The molecule has 1 heterocycles. The normalized spacial score (nSPS) is 28.9. The molecule has 2 aliphatic rings. The Morgan fingerprint density at radius 1 is 0.786 bits per heavy atom. The zero-order chi connectivity index (χ0) is 9.80. The van der Waals surface area contributed by atoms with Gasteiger partial charge in [-0.05, 0) is 18.8 Å². The first-order chi connectivity index (χ1) is 6.86. The van der Waals surface area contributed by atoms with Crippen molar-refractivity contribution in [3.05, 3.63) is 0 Å². The molecular weight excluding hydrogens is 170 g/mol. The summed E-state index contributed by atoms with van der Waals surface area (Å²) in [6, 6.07) is 0.948. The van der Waals surface area contributed by atoms with Crippen LogP contribution in [0, 0.1) is 5.92 Å². The van der Waals surface area contributed by atoms with Crippen LogP contribution in [0.3, 0.4) is 0 Å². The maximum atomic E-state index is 2.73. The third-order valence-corrected chi connectivity index (χ3v) is 3.93. The van der Waals surface area contributed by atoms with Gasteiger partial charge in [0, 0.05) is 19.1 Å². The van der Waals surface area contributed by atoms with Crippen molar-refractivity contribution < 1.29 is 0 Å². The molecule has 1 aliphatic carbocycles. The highest BCUT2D eigenvalue weighted by molar-refractivity contribution is 4.83. The molecule has 1 aliphatic heterocycles. The van der Waals surface area contributed by atoms with Crippen LogP contribution in [0.25, 0.3) is 0 Å². The third kappa shape index (κ3) is 2.73. The van der Waals surface area contributed by atoms with Crippen LogP contribution >= 0.6 is 0 Å². The highest BCUT2D eigenvalue weighted by atomic mass is 15.2. The molecule has 1 saturated heterocycles. The fourth-order valence-electron chi connectivity index (χ4n) is 3.02. The quantitative estimate of drug-likeness (QED) is 0.619. The summed E-state index contributed by atoms with van der Waals surface area (Å²) in [4.78, 5) is 2.73. The number of hydrogen-bond acceptors (Lipinski definition) is 1. The molecule has 2 rings (SSSR count). The van der Waals surface area contributed by atoms with E-state index < -0.39 is 0 Å². The van der Waals surface area contributed by atoms with E-state index in [2.05, 4.69) is 11.8 Å². The van der Waals surface area contributed by atoms with Crippen LogP contribution in [0.2, 0.25) is 0 Å². The van der Waals surface area contributed by atoms with Crippen LogP contribution in [0.15, 0.2) is 0 Å². The van der Waals surface area contributed by atoms with Crippen molar-refractivity contribution in [3.63, 3.8) is 0 Å². The van der Waals surface area contributed by atoms with Gasteiger partial charge in [0.05, 0.1) is 0 Å². The molecule has 0 spiro atoms. The molecule has 2 fully saturated rings. The van der Waals surface area contributed by atoms with Crippen molar-refractivity contribution in [1.29, 1.82) is 0 Å². The Bertz CT molecular complexity index is 151. The largest absolute Gasteiger partial charge is 0.300 e. The Hall–Kier alpha value is -0.0400. The van der Waals surface area contributed by atoms with E-state index in [1.54, 1.807) is 0 Å². The Morgan fingerprint density at radius 2 is 1.29 bits per heavy atom. The van der Waals surface area contributed by atoms with E-state index >= 15 is 0 Å². The standard InChI is InChI=1S/C13H25N/c1-12-10-14(11-12)13-8-6-4-2-3-5-7-9-13/h12-13H,2-11H2,1H3. The lowest BCUT2D eigenvalue weighted by atomic mass is 9.95. The molecule has 1 nitrogen and oxygen atoms in total. The average molecular weight is 195 g/mol. The molecule has 1 heteroatoms. The van der Waals surface area contributed by atoms with E-state index in [1.807, 2.05) is 0 Å². The molecular formula is C13H25N. The first-order valence-corrected chi connectivity index (χ1v) is 6.60. The Labute approximate surface area is 88.9 Å². The van der Waals surface area contributed by atoms with Crippen LogP contribution in [-0.2, 0) is 0 Å². The fraction of sp³-hybridized carbons (Fsp3) is 1.00. The summed E-state index contributed by atoms with van der Waals surface area (Å²) in [5.74, 6) is 0.975. The molecule has 0 aromatic heterocycles. The molecule has 0 amide bonds. The van der Waals surface area contributed by atoms with Crippen LogP contribution in [0.5, 0.6) is 0 Å². The van der Waals surface area contributed by atoms with E-state index in [9.17, 15) is 0 Å². The fourth-order valence-corrected chi connectivity index (χ4v) is 3.02. The van der Waals surface area contributed by atoms with Gasteiger partial charge in [0.1, 0.15) is 0 Å². The maximum Gasteiger partial charge on any atom is 0.00955 e. The second-order valence-corrected chi connectivity index (χ2v) is 5.41. The van der Waals surface area contributed by atoms with Gasteiger partial charge >= 0.3 is 0 Å². The lowest BCUT2D eigenvalue weighted by Crippen LogP contribution is -2.50. The van der Waals surface area contributed by atoms with E-state index in [-0.39, 0.29) is 0 Å². The van der Waals surface area contributed by atoms with Crippen LogP contribution < -0.4 is 0 Å². The van der Waals surface area contributed by atoms with Gasteiger partial charge in [-0.15, -0.1) is 0 Å².